The van der Waals surface area contributed by atoms with Crippen LogP contribution in [0.15, 0.2) is 0 Å². The van der Waals surface area contributed by atoms with Gasteiger partial charge in [0.05, 0.1) is 6.61 Å². The topological polar surface area (TPSA) is 90.8 Å². The maximum atomic E-state index is 11.0. The van der Waals surface area contributed by atoms with Crippen LogP contribution in [0.5, 0.6) is 0 Å². The van der Waals surface area contributed by atoms with Crippen molar-refractivity contribution in [1.82, 2.24) is 10.6 Å². The van der Waals surface area contributed by atoms with Crippen LogP contribution in [-0.4, -0.2) is 48.3 Å². The van der Waals surface area contributed by atoms with E-state index in [-0.39, 0.29) is 13.2 Å². The van der Waals surface area contributed by atoms with E-state index >= 15 is 0 Å². The summed E-state index contributed by atoms with van der Waals surface area (Å²) in [6.45, 7) is 0.146. The molecular weight excluding hydrogens is 164 g/mol. The van der Waals surface area contributed by atoms with Crippen LogP contribution in [0.4, 0.5) is 0 Å². The number of ether oxygens (including phenoxy) is 1. The fourth-order valence-corrected chi connectivity index (χ4v) is 0.936. The van der Waals surface area contributed by atoms with Crippen LogP contribution in [0.25, 0.3) is 0 Å². The van der Waals surface area contributed by atoms with E-state index in [1.165, 1.54) is 0 Å². The van der Waals surface area contributed by atoms with Crippen LogP contribution in [-0.2, 0) is 9.53 Å². The van der Waals surface area contributed by atoms with Gasteiger partial charge < -0.3 is 14.9 Å². The quantitative estimate of drug-likeness (QED) is 0.351. The molecule has 6 heteroatoms. The monoisotopic (exact) mass is 176 g/mol. The van der Waals surface area contributed by atoms with Gasteiger partial charge in [-0.2, -0.15) is 0 Å². The van der Waals surface area contributed by atoms with E-state index in [0.29, 0.717) is 6.54 Å². The maximum absolute atomic E-state index is 11.0. The number of hydrogen-bond acceptors (Lipinski definition) is 6. The minimum absolute atomic E-state index is 0.00684. The van der Waals surface area contributed by atoms with Gasteiger partial charge in [-0.25, -0.2) is 0 Å². The van der Waals surface area contributed by atoms with Gasteiger partial charge in [-0.3, -0.25) is 15.4 Å². The third-order valence-electron chi connectivity index (χ3n) is 1.49. The van der Waals surface area contributed by atoms with Crippen LogP contribution >= 0.6 is 0 Å². The lowest BCUT2D eigenvalue weighted by Gasteiger charge is -2.08. The van der Waals surface area contributed by atoms with Crippen molar-refractivity contribution in [1.29, 1.82) is 0 Å². The number of carbonyl (C=O) groups is 1. The molecule has 1 aliphatic heterocycles. The minimum Gasteiger partial charge on any atom is -0.462 e. The molecule has 1 aliphatic rings. The molecule has 0 aromatic heterocycles. The van der Waals surface area contributed by atoms with Gasteiger partial charge in [0, 0.05) is 6.54 Å². The van der Waals surface area contributed by atoms with Crippen LogP contribution in [0.3, 0.4) is 0 Å². The van der Waals surface area contributed by atoms with Crippen molar-refractivity contribution in [2.24, 2.45) is 0 Å². The zero-order valence-electron chi connectivity index (χ0n) is 6.49. The first kappa shape index (κ1) is 9.40. The summed E-state index contributed by atoms with van der Waals surface area (Å²) < 4.78 is 4.62. The lowest BCUT2D eigenvalue weighted by atomic mass is 10.3. The molecule has 1 rings (SSSR count). The lowest BCUT2D eigenvalue weighted by molar-refractivity contribution is -0.146. The molecule has 2 unspecified atom stereocenters. The number of aliphatic hydroxyl groups excluding tert-OH is 2. The van der Waals surface area contributed by atoms with Crippen molar-refractivity contribution < 1.29 is 19.7 Å². The van der Waals surface area contributed by atoms with Gasteiger partial charge in [0.2, 0.25) is 0 Å². The standard InChI is InChI=1S/C6H12N2O4/c9-1-2-12-5(10)4-3-7-6(11)8-4/h4,6-9,11H,1-3H2. The van der Waals surface area contributed by atoms with Gasteiger partial charge in [0.25, 0.3) is 0 Å². The molecule has 4 N–H and O–H groups in total. The highest BCUT2D eigenvalue weighted by Crippen LogP contribution is 1.95. The summed E-state index contributed by atoms with van der Waals surface area (Å²) in [6.07, 6.45) is -0.850. The van der Waals surface area contributed by atoms with Gasteiger partial charge in [0.1, 0.15) is 12.6 Å². The second kappa shape index (κ2) is 4.36. The Morgan fingerprint density at radius 1 is 1.67 bits per heavy atom. The molecule has 0 amide bonds. The SMILES string of the molecule is O=C(OCCO)C1CNC(O)N1. The molecule has 6 nitrogen and oxygen atoms in total. The molecule has 0 aliphatic carbocycles. The second-order valence-corrected chi connectivity index (χ2v) is 2.42. The van der Waals surface area contributed by atoms with Crippen LogP contribution < -0.4 is 10.6 Å². The molecule has 1 saturated heterocycles. The van der Waals surface area contributed by atoms with Crippen molar-refractivity contribution in [3.63, 3.8) is 0 Å². The average molecular weight is 176 g/mol. The summed E-state index contributed by atoms with van der Waals surface area (Å²) in [6, 6.07) is -0.522. The zero-order valence-corrected chi connectivity index (χ0v) is 6.49. The third-order valence-corrected chi connectivity index (χ3v) is 1.49. The van der Waals surface area contributed by atoms with Crippen molar-refractivity contribution in [3.05, 3.63) is 0 Å². The van der Waals surface area contributed by atoms with Gasteiger partial charge in [-0.15, -0.1) is 0 Å². The van der Waals surface area contributed by atoms with E-state index in [2.05, 4.69) is 15.4 Å². The Balaban J connectivity index is 2.23. The van der Waals surface area contributed by atoms with E-state index < -0.39 is 18.4 Å². The second-order valence-electron chi connectivity index (χ2n) is 2.42. The molecular formula is C6H12N2O4. The normalized spacial score (nSPS) is 28.8. The number of aliphatic hydroxyl groups is 2. The fourth-order valence-electron chi connectivity index (χ4n) is 0.936. The molecule has 0 aromatic carbocycles. The fraction of sp³-hybridized carbons (Fsp3) is 0.833. The van der Waals surface area contributed by atoms with Crippen LogP contribution in [0, 0.1) is 0 Å². The summed E-state index contributed by atoms with van der Waals surface area (Å²) in [5.74, 6) is -0.465. The van der Waals surface area contributed by atoms with E-state index in [0.717, 1.165) is 0 Å². The molecule has 0 saturated carbocycles. The highest BCUT2D eigenvalue weighted by Gasteiger charge is 2.28. The van der Waals surface area contributed by atoms with E-state index in [4.69, 9.17) is 10.2 Å². The molecule has 0 bridgehead atoms. The molecule has 0 aromatic rings. The van der Waals surface area contributed by atoms with E-state index in [9.17, 15) is 4.79 Å². The Morgan fingerprint density at radius 3 is 2.92 bits per heavy atom. The van der Waals surface area contributed by atoms with Crippen LogP contribution in [0.1, 0.15) is 0 Å². The first-order valence-corrected chi connectivity index (χ1v) is 3.69. The minimum atomic E-state index is -0.850. The highest BCUT2D eigenvalue weighted by atomic mass is 16.5. The lowest BCUT2D eigenvalue weighted by Crippen LogP contribution is -2.38. The molecule has 1 heterocycles. The average Bonchev–Trinajstić information content (AvgIpc) is 2.47. The van der Waals surface area contributed by atoms with E-state index in [1.54, 1.807) is 0 Å². The van der Waals surface area contributed by atoms with Crippen molar-refractivity contribution in [2.75, 3.05) is 19.8 Å². The van der Waals surface area contributed by atoms with Crippen LogP contribution in [0.2, 0.25) is 0 Å². The summed E-state index contributed by atoms with van der Waals surface area (Å²) in [5.41, 5.74) is 0. The van der Waals surface area contributed by atoms with Gasteiger partial charge >= 0.3 is 5.97 Å². The molecule has 2 atom stereocenters. The molecule has 70 valence electrons. The summed E-state index contributed by atoms with van der Waals surface area (Å²) in [5, 5.41) is 22.4. The largest absolute Gasteiger partial charge is 0.462 e. The predicted octanol–water partition coefficient (Wildman–Crippen LogP) is -2.64. The first-order chi connectivity index (χ1) is 5.74. The number of esters is 1. The Kier molecular flexibility index (Phi) is 3.42. The number of rotatable bonds is 3. The third kappa shape index (κ3) is 2.42. The summed E-state index contributed by atoms with van der Waals surface area (Å²) >= 11 is 0. The highest BCUT2D eigenvalue weighted by molar-refractivity contribution is 5.76. The number of nitrogens with one attached hydrogen (secondary N) is 2. The summed E-state index contributed by atoms with van der Waals surface area (Å²) in [4.78, 5) is 11.0. The molecule has 0 spiro atoms. The van der Waals surface area contributed by atoms with E-state index in [1.807, 2.05) is 0 Å². The Labute approximate surface area is 69.5 Å². The van der Waals surface area contributed by atoms with Gasteiger partial charge in [-0.1, -0.05) is 0 Å². The van der Waals surface area contributed by atoms with Crippen molar-refractivity contribution in [2.45, 2.75) is 12.4 Å². The van der Waals surface area contributed by atoms with Crippen molar-refractivity contribution in [3.8, 4) is 0 Å². The first-order valence-electron chi connectivity index (χ1n) is 3.69. The zero-order chi connectivity index (χ0) is 8.97. The smallest absolute Gasteiger partial charge is 0.324 e. The Hall–Kier alpha value is -0.690. The Bertz CT molecular complexity index is 164. The number of hydrogen-bond donors (Lipinski definition) is 4. The van der Waals surface area contributed by atoms with Crippen molar-refractivity contribution >= 4 is 5.97 Å². The van der Waals surface area contributed by atoms with Gasteiger partial charge in [0.15, 0.2) is 6.35 Å². The number of carbonyl (C=O) groups excluding carboxylic acids is 1. The molecule has 1 fully saturated rings. The molecule has 0 radical (unpaired) electrons. The molecule has 12 heavy (non-hydrogen) atoms. The Morgan fingerprint density at radius 2 is 2.42 bits per heavy atom. The summed E-state index contributed by atoms with van der Waals surface area (Å²) in [7, 11) is 0. The predicted molar refractivity (Wildman–Crippen MR) is 39.0 cm³/mol. The maximum Gasteiger partial charge on any atom is 0.324 e. The van der Waals surface area contributed by atoms with Gasteiger partial charge in [-0.05, 0) is 0 Å².